The van der Waals surface area contributed by atoms with Gasteiger partial charge in [-0.05, 0) is 37.1 Å². The number of hydrogen-bond acceptors (Lipinski definition) is 2. The molecule has 0 saturated heterocycles. The highest BCUT2D eigenvalue weighted by Gasteiger charge is 2.10. The predicted molar refractivity (Wildman–Crippen MR) is 66.5 cm³/mol. The number of alkyl halides is 1. The topological polar surface area (TPSA) is 18.5 Å². The zero-order valence-corrected chi connectivity index (χ0v) is 10.7. The van der Waals surface area contributed by atoms with Gasteiger partial charge in [-0.15, -0.1) is 0 Å². The molecule has 2 nitrogen and oxygen atoms in total. The second-order valence-electron chi connectivity index (χ2n) is 4.45. The molecular formula is C14H20FO2+. The normalized spacial score (nSPS) is 14.6. The number of halogens is 1. The predicted octanol–water partition coefficient (Wildman–Crippen LogP) is 3.93. The van der Waals surface area contributed by atoms with Crippen molar-refractivity contribution >= 4 is 0 Å². The van der Waals surface area contributed by atoms with Crippen molar-refractivity contribution in [3.8, 4) is 5.75 Å². The van der Waals surface area contributed by atoms with E-state index in [9.17, 15) is 4.39 Å². The fraction of sp³-hybridized carbons (Fsp3) is 0.500. The summed E-state index contributed by atoms with van der Waals surface area (Å²) in [6, 6.07) is 6.79. The largest absolute Gasteiger partial charge is 0.465 e. The summed E-state index contributed by atoms with van der Waals surface area (Å²) in [7, 11) is 0. The fourth-order valence-electron chi connectivity index (χ4n) is 1.31. The molecule has 2 atom stereocenters. The van der Waals surface area contributed by atoms with Gasteiger partial charge in [-0.1, -0.05) is 13.8 Å². The highest BCUT2D eigenvalue weighted by atomic mass is 19.1. The van der Waals surface area contributed by atoms with Crippen LogP contribution in [0.1, 0.15) is 32.5 Å². The van der Waals surface area contributed by atoms with Crippen molar-refractivity contribution in [1.82, 2.24) is 0 Å². The van der Waals surface area contributed by atoms with Crippen molar-refractivity contribution < 1.29 is 13.9 Å². The van der Waals surface area contributed by atoms with E-state index in [1.807, 2.05) is 6.92 Å². The van der Waals surface area contributed by atoms with Crippen molar-refractivity contribution in [3.05, 3.63) is 36.8 Å². The first-order valence-electron chi connectivity index (χ1n) is 5.84. The van der Waals surface area contributed by atoms with E-state index in [-0.39, 0.29) is 6.29 Å². The van der Waals surface area contributed by atoms with Crippen LogP contribution >= 0.6 is 0 Å². The Hall–Kier alpha value is -1.22. The lowest BCUT2D eigenvalue weighted by Gasteiger charge is -2.16. The molecule has 0 aliphatic rings. The van der Waals surface area contributed by atoms with E-state index in [0.717, 1.165) is 0 Å². The van der Waals surface area contributed by atoms with Crippen molar-refractivity contribution in [2.45, 2.75) is 33.2 Å². The van der Waals surface area contributed by atoms with Gasteiger partial charge in [0.05, 0.1) is 6.61 Å². The summed E-state index contributed by atoms with van der Waals surface area (Å²) in [5.41, 5.74) is 0.549. The Bertz CT molecular complexity index is 319. The Morgan fingerprint density at radius 1 is 1.18 bits per heavy atom. The molecule has 17 heavy (non-hydrogen) atoms. The number of benzene rings is 1. The van der Waals surface area contributed by atoms with Gasteiger partial charge in [0.25, 0.3) is 6.17 Å². The summed E-state index contributed by atoms with van der Waals surface area (Å²) in [4.78, 5) is 0. The minimum Gasteiger partial charge on any atom is -0.465 e. The van der Waals surface area contributed by atoms with Crippen molar-refractivity contribution in [2.75, 3.05) is 6.61 Å². The van der Waals surface area contributed by atoms with Crippen LogP contribution in [0.3, 0.4) is 0 Å². The van der Waals surface area contributed by atoms with Crippen LogP contribution in [-0.2, 0) is 4.74 Å². The van der Waals surface area contributed by atoms with Gasteiger partial charge in [0.1, 0.15) is 12.7 Å². The summed E-state index contributed by atoms with van der Waals surface area (Å²) in [6.45, 7) is 9.98. The smallest absolute Gasteiger partial charge is 0.258 e. The van der Waals surface area contributed by atoms with Gasteiger partial charge in [0.15, 0.2) is 6.29 Å². The van der Waals surface area contributed by atoms with E-state index in [1.54, 1.807) is 24.3 Å². The van der Waals surface area contributed by atoms with Crippen LogP contribution in [0.4, 0.5) is 4.39 Å². The van der Waals surface area contributed by atoms with E-state index in [4.69, 9.17) is 9.47 Å². The maximum absolute atomic E-state index is 12.9. The van der Waals surface area contributed by atoms with Gasteiger partial charge in [-0.3, -0.25) is 0 Å². The maximum atomic E-state index is 12.9. The molecule has 0 bridgehead atoms. The van der Waals surface area contributed by atoms with Crippen LogP contribution in [0, 0.1) is 12.8 Å². The molecule has 94 valence electrons. The second-order valence-corrected chi connectivity index (χ2v) is 4.45. The molecule has 0 fully saturated rings. The Labute approximate surface area is 103 Å². The molecule has 0 N–H and O–H groups in total. The van der Waals surface area contributed by atoms with Crippen molar-refractivity contribution in [1.29, 1.82) is 0 Å². The Morgan fingerprint density at radius 2 is 1.76 bits per heavy atom. The summed E-state index contributed by atoms with van der Waals surface area (Å²) >= 11 is 0. The van der Waals surface area contributed by atoms with Crippen LogP contribution in [-0.4, -0.2) is 12.9 Å². The molecule has 0 aliphatic heterocycles. The third-order valence-corrected chi connectivity index (χ3v) is 2.21. The van der Waals surface area contributed by atoms with Crippen LogP contribution in [0.15, 0.2) is 24.3 Å². The zero-order valence-electron chi connectivity index (χ0n) is 10.7. The SMILES string of the molecule is [CH2+]C(F)c1ccc(OC(C)OCC(C)C)cc1. The molecule has 0 spiro atoms. The van der Waals surface area contributed by atoms with Gasteiger partial charge in [0.2, 0.25) is 0 Å². The molecule has 1 rings (SSSR count). The first-order valence-corrected chi connectivity index (χ1v) is 5.84. The number of ether oxygens (including phenoxy) is 2. The van der Waals surface area contributed by atoms with Crippen LogP contribution in [0.2, 0.25) is 0 Å². The second kappa shape index (κ2) is 6.50. The first-order chi connectivity index (χ1) is 7.99. The molecule has 1 aromatic carbocycles. The maximum Gasteiger partial charge on any atom is 0.258 e. The van der Waals surface area contributed by atoms with Gasteiger partial charge in [-0.2, -0.15) is 4.39 Å². The standard InChI is InChI=1S/C14H20FO2/c1-10(2)9-16-12(4)17-14-7-5-13(6-8-14)11(3)15/h5-8,10-12H,3,9H2,1-2,4H3/q+1. The first kappa shape index (κ1) is 13.8. The summed E-state index contributed by atoms with van der Waals surface area (Å²) < 4.78 is 23.9. The summed E-state index contributed by atoms with van der Waals surface area (Å²) in [5, 5.41) is 0. The highest BCUT2D eigenvalue weighted by molar-refractivity contribution is 5.28. The lowest BCUT2D eigenvalue weighted by atomic mass is 10.1. The summed E-state index contributed by atoms with van der Waals surface area (Å²) in [6.07, 6.45) is -1.50. The van der Waals surface area contributed by atoms with Crippen molar-refractivity contribution in [2.24, 2.45) is 5.92 Å². The van der Waals surface area contributed by atoms with Crippen LogP contribution in [0.25, 0.3) is 0 Å². The molecular weight excluding hydrogens is 219 g/mol. The van der Waals surface area contributed by atoms with Gasteiger partial charge < -0.3 is 9.47 Å². The van der Waals surface area contributed by atoms with Crippen LogP contribution in [0.5, 0.6) is 5.75 Å². The minimum absolute atomic E-state index is 0.302. The van der Waals surface area contributed by atoms with Gasteiger partial charge in [0, 0.05) is 5.56 Å². The minimum atomic E-state index is -1.20. The van der Waals surface area contributed by atoms with E-state index in [0.29, 0.717) is 23.8 Å². The summed E-state index contributed by atoms with van der Waals surface area (Å²) in [5.74, 6) is 1.15. The lowest BCUT2D eigenvalue weighted by molar-refractivity contribution is -0.0755. The van der Waals surface area contributed by atoms with E-state index in [1.165, 1.54) is 0 Å². The quantitative estimate of drug-likeness (QED) is 0.553. The Kier molecular flexibility index (Phi) is 5.29. The molecule has 0 aromatic heterocycles. The monoisotopic (exact) mass is 239 g/mol. The molecule has 0 saturated carbocycles. The number of hydrogen-bond donors (Lipinski definition) is 0. The van der Waals surface area contributed by atoms with Crippen LogP contribution < -0.4 is 4.74 Å². The zero-order chi connectivity index (χ0) is 12.8. The Morgan fingerprint density at radius 3 is 2.24 bits per heavy atom. The molecule has 2 unspecified atom stereocenters. The molecule has 3 heteroatoms. The highest BCUT2D eigenvalue weighted by Crippen LogP contribution is 2.20. The van der Waals surface area contributed by atoms with E-state index < -0.39 is 6.17 Å². The molecule has 0 heterocycles. The van der Waals surface area contributed by atoms with E-state index in [2.05, 4.69) is 20.8 Å². The average molecular weight is 239 g/mol. The third-order valence-electron chi connectivity index (χ3n) is 2.21. The average Bonchev–Trinajstić information content (AvgIpc) is 2.27. The third kappa shape index (κ3) is 5.09. The molecule has 1 aromatic rings. The number of rotatable bonds is 6. The van der Waals surface area contributed by atoms with Gasteiger partial charge >= 0.3 is 0 Å². The molecule has 0 amide bonds. The van der Waals surface area contributed by atoms with Crippen molar-refractivity contribution in [3.63, 3.8) is 0 Å². The van der Waals surface area contributed by atoms with E-state index >= 15 is 0 Å². The molecule has 0 aliphatic carbocycles. The molecule has 0 radical (unpaired) electrons. The lowest BCUT2D eigenvalue weighted by Crippen LogP contribution is -2.18. The fourth-order valence-corrected chi connectivity index (χ4v) is 1.31. The Balaban J connectivity index is 2.45. The van der Waals surface area contributed by atoms with Gasteiger partial charge in [-0.25, -0.2) is 0 Å².